The summed E-state index contributed by atoms with van der Waals surface area (Å²) >= 11 is 0. The van der Waals surface area contributed by atoms with E-state index in [1.54, 1.807) is 6.08 Å². The molecule has 0 bridgehead atoms. The number of rotatable bonds is 24. The van der Waals surface area contributed by atoms with Crippen molar-refractivity contribution in [2.45, 2.75) is 108 Å². The summed E-state index contributed by atoms with van der Waals surface area (Å²) in [6, 6.07) is 60.3. The van der Waals surface area contributed by atoms with E-state index in [0.29, 0.717) is 19.8 Å². The Morgan fingerprint density at radius 2 is 0.731 bits per heavy atom. The molecule has 2 fully saturated rings. The molecule has 6 aromatic rings. The van der Waals surface area contributed by atoms with Gasteiger partial charge >= 0.3 is 0 Å². The Labute approximate surface area is 395 Å². The van der Waals surface area contributed by atoms with Gasteiger partial charge in [-0.1, -0.05) is 188 Å². The molecule has 2 heterocycles. The molecular weight excluding hydrogens is 845 g/mol. The fourth-order valence-electron chi connectivity index (χ4n) is 8.37. The van der Waals surface area contributed by atoms with Crippen LogP contribution in [0.2, 0.25) is 0 Å². The van der Waals surface area contributed by atoms with E-state index >= 15 is 0 Å². The molecule has 0 amide bonds. The lowest BCUT2D eigenvalue weighted by atomic mass is 9.96. The summed E-state index contributed by atoms with van der Waals surface area (Å²) in [4.78, 5) is 0. The van der Waals surface area contributed by atoms with Gasteiger partial charge in [-0.3, -0.25) is 0 Å². The Morgan fingerprint density at radius 1 is 0.388 bits per heavy atom. The van der Waals surface area contributed by atoms with E-state index in [9.17, 15) is 0 Å². The van der Waals surface area contributed by atoms with Gasteiger partial charge < -0.3 is 47.4 Å². The van der Waals surface area contributed by atoms with E-state index in [1.807, 2.05) is 189 Å². The van der Waals surface area contributed by atoms with Crippen LogP contribution in [0, 0.1) is 0 Å². The Morgan fingerprint density at radius 3 is 1.13 bits per heavy atom. The van der Waals surface area contributed by atoms with Gasteiger partial charge in [0.25, 0.3) is 0 Å². The molecule has 8 rings (SSSR count). The van der Waals surface area contributed by atoms with Gasteiger partial charge in [0.1, 0.15) is 42.7 Å². The van der Waals surface area contributed by atoms with E-state index in [2.05, 4.69) is 6.58 Å². The molecule has 0 saturated carbocycles. The Hall–Kier alpha value is -5.34. The first-order valence-electron chi connectivity index (χ1n) is 23.2. The molecule has 67 heavy (non-hydrogen) atoms. The van der Waals surface area contributed by atoms with Gasteiger partial charge in [-0.15, -0.1) is 6.58 Å². The molecule has 2 aliphatic rings. The van der Waals surface area contributed by atoms with Crippen molar-refractivity contribution in [2.24, 2.45) is 0 Å². The molecule has 350 valence electrons. The van der Waals surface area contributed by atoms with Gasteiger partial charge in [-0.05, 0) is 40.3 Å². The predicted molar refractivity (Wildman–Crippen MR) is 255 cm³/mol. The molecular formula is C57H62O10. The fraction of sp³-hybridized carbons (Fsp3) is 0.333. The molecule has 0 spiro atoms. The molecule has 6 aromatic carbocycles. The summed E-state index contributed by atoms with van der Waals surface area (Å²) in [6.45, 7) is 8.08. The van der Waals surface area contributed by atoms with Crippen molar-refractivity contribution in [1.29, 1.82) is 0 Å². The highest BCUT2D eigenvalue weighted by atomic mass is 16.8. The minimum atomic E-state index is -0.996. The zero-order chi connectivity index (χ0) is 45.9. The second-order valence-electron chi connectivity index (χ2n) is 16.8. The van der Waals surface area contributed by atoms with E-state index in [1.165, 1.54) is 0 Å². The van der Waals surface area contributed by atoms with Crippen LogP contribution in [0.1, 0.15) is 40.3 Å². The zero-order valence-corrected chi connectivity index (χ0v) is 38.1. The molecule has 10 nitrogen and oxygen atoms in total. The quantitative estimate of drug-likeness (QED) is 0.0547. The normalized spacial score (nSPS) is 25.1. The average molecular weight is 907 g/mol. The van der Waals surface area contributed by atoms with Gasteiger partial charge in [0.15, 0.2) is 12.6 Å². The molecule has 0 aromatic heterocycles. The molecule has 10 atom stereocenters. The van der Waals surface area contributed by atoms with Crippen molar-refractivity contribution in [1.82, 2.24) is 0 Å². The summed E-state index contributed by atoms with van der Waals surface area (Å²) in [6.07, 6.45) is -5.73. The minimum Gasteiger partial charge on any atom is -0.374 e. The third-order valence-corrected chi connectivity index (χ3v) is 11.8. The van der Waals surface area contributed by atoms with Crippen LogP contribution >= 0.6 is 0 Å². The lowest BCUT2D eigenvalue weighted by molar-refractivity contribution is -0.373. The highest BCUT2D eigenvalue weighted by Gasteiger charge is 2.54. The van der Waals surface area contributed by atoms with Gasteiger partial charge in [0.2, 0.25) is 0 Å². The first kappa shape index (κ1) is 48.1. The molecule has 2 saturated heterocycles. The minimum absolute atomic E-state index is 0.138. The van der Waals surface area contributed by atoms with Crippen LogP contribution in [0.3, 0.4) is 0 Å². The fourth-order valence-corrected chi connectivity index (χ4v) is 8.37. The zero-order valence-electron chi connectivity index (χ0n) is 38.1. The van der Waals surface area contributed by atoms with Crippen molar-refractivity contribution in [3.8, 4) is 0 Å². The van der Waals surface area contributed by atoms with Crippen molar-refractivity contribution >= 4 is 0 Å². The van der Waals surface area contributed by atoms with Crippen LogP contribution in [0.25, 0.3) is 0 Å². The monoisotopic (exact) mass is 906 g/mol. The smallest absolute Gasteiger partial charge is 0.187 e. The van der Waals surface area contributed by atoms with Crippen LogP contribution in [-0.2, 0) is 87.0 Å². The molecule has 0 N–H and O–H groups in total. The molecule has 2 aliphatic heterocycles. The summed E-state index contributed by atoms with van der Waals surface area (Å²) in [7, 11) is 0. The van der Waals surface area contributed by atoms with Crippen LogP contribution in [-0.4, -0.2) is 74.6 Å². The average Bonchev–Trinajstić information content (AvgIpc) is 3.38. The van der Waals surface area contributed by atoms with E-state index in [4.69, 9.17) is 47.4 Å². The van der Waals surface area contributed by atoms with Crippen LogP contribution in [0.15, 0.2) is 195 Å². The Balaban J connectivity index is 1.16. The van der Waals surface area contributed by atoms with Crippen molar-refractivity contribution in [2.75, 3.05) is 13.2 Å². The van der Waals surface area contributed by atoms with Crippen LogP contribution in [0.5, 0.6) is 0 Å². The lowest BCUT2D eigenvalue weighted by Crippen LogP contribution is -2.66. The number of ether oxygens (including phenoxy) is 10. The number of benzene rings is 6. The second-order valence-corrected chi connectivity index (χ2v) is 16.8. The molecule has 10 heteroatoms. The highest BCUT2D eigenvalue weighted by molar-refractivity contribution is 5.18. The van der Waals surface area contributed by atoms with Crippen LogP contribution in [0.4, 0.5) is 0 Å². The van der Waals surface area contributed by atoms with E-state index in [-0.39, 0.29) is 33.0 Å². The van der Waals surface area contributed by atoms with Gasteiger partial charge in [-0.2, -0.15) is 0 Å². The summed E-state index contributed by atoms with van der Waals surface area (Å²) in [5, 5.41) is 0. The van der Waals surface area contributed by atoms with Gasteiger partial charge in [0, 0.05) is 0 Å². The van der Waals surface area contributed by atoms with Gasteiger partial charge in [0.05, 0.1) is 59.0 Å². The summed E-state index contributed by atoms with van der Waals surface area (Å²) in [5.74, 6) is 0. The highest BCUT2D eigenvalue weighted by Crippen LogP contribution is 2.36. The molecule has 1 unspecified atom stereocenters. The maximum Gasteiger partial charge on any atom is 0.187 e. The maximum atomic E-state index is 7.38. The Bertz CT molecular complexity index is 2270. The van der Waals surface area contributed by atoms with Crippen molar-refractivity contribution in [3.63, 3.8) is 0 Å². The first-order chi connectivity index (χ1) is 33.1. The van der Waals surface area contributed by atoms with E-state index < -0.39 is 61.4 Å². The maximum absolute atomic E-state index is 7.38. The third kappa shape index (κ3) is 14.1. The van der Waals surface area contributed by atoms with Gasteiger partial charge in [-0.25, -0.2) is 0 Å². The topological polar surface area (TPSA) is 92.3 Å². The Kier molecular flexibility index (Phi) is 18.5. The summed E-state index contributed by atoms with van der Waals surface area (Å²) in [5.41, 5.74) is 6.01. The third-order valence-electron chi connectivity index (χ3n) is 11.8. The molecule has 0 aliphatic carbocycles. The number of hydrogen-bond donors (Lipinski definition) is 0. The second kappa shape index (κ2) is 25.7. The van der Waals surface area contributed by atoms with Crippen LogP contribution < -0.4 is 0 Å². The number of hydrogen-bond acceptors (Lipinski definition) is 10. The SMILES string of the molecule is C=CCOC1O[C@H](COCc2ccccc2)[C@@H](O[C@@H]2O[C@H](C)[C@@H](OCc3ccccc3)[C@H](OCc3ccccc3)[C@H]2OCc2ccccc2)[C@H](OCc2ccccc2)[C@H]1OCc1ccccc1. The largest absolute Gasteiger partial charge is 0.374 e. The van der Waals surface area contributed by atoms with E-state index in [0.717, 1.165) is 33.4 Å². The lowest BCUT2D eigenvalue weighted by Gasteiger charge is -2.50. The molecule has 0 radical (unpaired) electrons. The standard InChI is InChI=1S/C57H62O10/c1-3-34-59-56-54(63-39-47-30-18-8-19-31-47)53(62-38-46-28-16-7-17-29-46)51(49(66-56)41-58-35-43-22-10-4-11-23-43)67-57-55(64-40-48-32-20-9-21-33-48)52(61-37-45-26-14-6-15-27-45)50(42(2)65-57)60-36-44-24-12-5-13-25-44/h3-33,42,49-57H,1,34-41H2,2H3/t42-,49-,50-,51-,52+,53+,54-,55-,56?,57+/m1/s1. The predicted octanol–water partition coefficient (Wildman–Crippen LogP) is 10.2. The first-order valence-corrected chi connectivity index (χ1v) is 23.2. The summed E-state index contributed by atoms with van der Waals surface area (Å²) < 4.78 is 68.7. The van der Waals surface area contributed by atoms with Crippen molar-refractivity contribution in [3.05, 3.63) is 228 Å². The van der Waals surface area contributed by atoms with Crippen molar-refractivity contribution < 1.29 is 47.4 Å².